The standard InChI is InChI=1S/C21H23FN2O5S/c1-28-18-6-4-15(30(26,27)12-13-8-9-29-11-13)10-16(18)21(25)24-19-7-5-17(22)20(23-19)14-2-3-14/h4-7,10,13-14H,2-3,8-9,11-12H2,1H3,(H,23,24,25)/t13-/m0/s1/i1D3. The van der Waals surface area contributed by atoms with Gasteiger partial charge in [0.05, 0.1) is 39.7 Å². The van der Waals surface area contributed by atoms with Crippen LogP contribution in [0.25, 0.3) is 0 Å². The highest BCUT2D eigenvalue weighted by Gasteiger charge is 2.29. The fourth-order valence-corrected chi connectivity index (χ4v) is 5.09. The first-order chi connectivity index (χ1) is 15.5. The van der Waals surface area contributed by atoms with Crippen molar-refractivity contribution in [1.29, 1.82) is 0 Å². The van der Waals surface area contributed by atoms with E-state index >= 15 is 0 Å². The van der Waals surface area contributed by atoms with Crippen molar-refractivity contribution in [2.75, 3.05) is 31.3 Å². The van der Waals surface area contributed by atoms with E-state index in [1.54, 1.807) is 0 Å². The molecule has 2 heterocycles. The molecule has 30 heavy (non-hydrogen) atoms. The molecular formula is C21H23FN2O5S. The zero-order valence-corrected chi connectivity index (χ0v) is 16.9. The molecule has 1 saturated carbocycles. The number of nitrogens with zero attached hydrogens (tertiary/aromatic N) is 1. The summed E-state index contributed by atoms with van der Waals surface area (Å²) >= 11 is 0. The summed E-state index contributed by atoms with van der Waals surface area (Å²) in [7, 11) is -6.63. The summed E-state index contributed by atoms with van der Waals surface area (Å²) in [6.07, 6.45) is 2.24. The van der Waals surface area contributed by atoms with Crippen molar-refractivity contribution in [3.8, 4) is 5.75 Å². The summed E-state index contributed by atoms with van der Waals surface area (Å²) in [6.45, 7) is 0.832. The van der Waals surface area contributed by atoms with E-state index < -0.39 is 28.6 Å². The molecule has 0 unspecified atom stereocenters. The lowest BCUT2D eigenvalue weighted by molar-refractivity contribution is 0.102. The molecule has 4 rings (SSSR count). The predicted octanol–water partition coefficient (Wildman–Crippen LogP) is 3.17. The van der Waals surface area contributed by atoms with E-state index in [1.165, 1.54) is 18.2 Å². The van der Waals surface area contributed by atoms with Crippen LogP contribution in [0, 0.1) is 11.7 Å². The Morgan fingerprint density at radius 3 is 2.87 bits per heavy atom. The fourth-order valence-electron chi connectivity index (χ4n) is 3.44. The summed E-state index contributed by atoms with van der Waals surface area (Å²) in [4.78, 5) is 17.0. The number of hydrogen-bond donors (Lipinski definition) is 1. The monoisotopic (exact) mass is 437 g/mol. The topological polar surface area (TPSA) is 94.6 Å². The molecule has 1 N–H and O–H groups in total. The first-order valence-corrected chi connectivity index (χ1v) is 11.3. The van der Waals surface area contributed by atoms with Gasteiger partial charge in [-0.25, -0.2) is 17.8 Å². The van der Waals surface area contributed by atoms with Crippen LogP contribution in [0.4, 0.5) is 10.2 Å². The second kappa shape index (κ2) is 8.31. The molecule has 1 aromatic carbocycles. The minimum Gasteiger partial charge on any atom is -0.496 e. The number of carbonyl (C=O) groups is 1. The van der Waals surface area contributed by atoms with Gasteiger partial charge in [-0.15, -0.1) is 0 Å². The van der Waals surface area contributed by atoms with Crippen molar-refractivity contribution in [2.45, 2.75) is 30.1 Å². The zero-order chi connectivity index (χ0) is 23.8. The maximum absolute atomic E-state index is 14.0. The van der Waals surface area contributed by atoms with Crippen molar-refractivity contribution < 1.29 is 31.2 Å². The highest BCUT2D eigenvalue weighted by molar-refractivity contribution is 7.91. The average Bonchev–Trinajstić information content (AvgIpc) is 3.45. The molecule has 7 nitrogen and oxygen atoms in total. The maximum atomic E-state index is 14.0. The van der Waals surface area contributed by atoms with E-state index in [0.717, 1.165) is 25.0 Å². The van der Waals surface area contributed by atoms with Gasteiger partial charge in [0.2, 0.25) is 0 Å². The summed E-state index contributed by atoms with van der Waals surface area (Å²) in [5.74, 6) is -1.83. The number of nitrogens with one attached hydrogen (secondary N) is 1. The quantitative estimate of drug-likeness (QED) is 0.715. The SMILES string of the molecule is [2H]C([2H])([2H])Oc1ccc(S(=O)(=O)C[C@H]2CCOC2)cc1C(=O)Nc1ccc(F)c(C2CC2)n1. The number of rotatable bonds is 7. The van der Waals surface area contributed by atoms with E-state index in [4.69, 9.17) is 13.6 Å². The third-order valence-corrected chi connectivity index (χ3v) is 7.11. The Hall–Kier alpha value is -2.52. The molecular weight excluding hydrogens is 411 g/mol. The number of halogens is 1. The number of aromatic nitrogens is 1. The molecule has 2 aliphatic rings. The molecule has 2 aromatic rings. The second-order valence-electron chi connectivity index (χ2n) is 7.56. The van der Waals surface area contributed by atoms with Gasteiger partial charge in [0, 0.05) is 12.5 Å². The molecule has 1 amide bonds. The van der Waals surface area contributed by atoms with Gasteiger partial charge in [0.1, 0.15) is 17.4 Å². The van der Waals surface area contributed by atoms with Crippen LogP contribution in [-0.4, -0.2) is 45.3 Å². The van der Waals surface area contributed by atoms with Gasteiger partial charge < -0.3 is 14.8 Å². The number of amides is 1. The van der Waals surface area contributed by atoms with E-state index in [2.05, 4.69) is 10.3 Å². The zero-order valence-electron chi connectivity index (χ0n) is 19.1. The highest BCUT2D eigenvalue weighted by atomic mass is 32.2. The smallest absolute Gasteiger partial charge is 0.260 e. The summed E-state index contributed by atoms with van der Waals surface area (Å²) in [6, 6.07) is 5.93. The van der Waals surface area contributed by atoms with E-state index in [9.17, 15) is 17.6 Å². The number of pyridine rings is 1. The normalized spacial score (nSPS) is 20.8. The van der Waals surface area contributed by atoms with E-state index in [-0.39, 0.29) is 45.3 Å². The van der Waals surface area contributed by atoms with Crippen molar-refractivity contribution in [1.82, 2.24) is 4.98 Å². The van der Waals surface area contributed by atoms with Crippen molar-refractivity contribution in [3.63, 3.8) is 0 Å². The van der Waals surface area contributed by atoms with E-state index in [1.807, 2.05) is 0 Å². The van der Waals surface area contributed by atoms with Crippen molar-refractivity contribution in [3.05, 3.63) is 47.4 Å². The van der Waals surface area contributed by atoms with Gasteiger partial charge in [-0.05, 0) is 55.5 Å². The minimum atomic E-state index is -3.77. The van der Waals surface area contributed by atoms with Crippen molar-refractivity contribution >= 4 is 21.6 Å². The van der Waals surface area contributed by atoms with Crippen LogP contribution in [0.5, 0.6) is 5.75 Å². The van der Waals surface area contributed by atoms with Gasteiger partial charge in [0.25, 0.3) is 5.91 Å². The number of methoxy groups -OCH3 is 1. The van der Waals surface area contributed by atoms with Crippen LogP contribution < -0.4 is 10.1 Å². The number of ether oxygens (including phenoxy) is 2. The van der Waals surface area contributed by atoms with Crippen LogP contribution in [0.15, 0.2) is 35.2 Å². The molecule has 0 radical (unpaired) electrons. The summed E-state index contributed by atoms with van der Waals surface area (Å²) in [5.41, 5.74) is -0.0316. The number of benzene rings is 1. The summed E-state index contributed by atoms with van der Waals surface area (Å²) in [5, 5.41) is 2.49. The van der Waals surface area contributed by atoms with Crippen LogP contribution in [-0.2, 0) is 14.6 Å². The lowest BCUT2D eigenvalue weighted by atomic mass is 10.2. The number of sulfone groups is 1. The van der Waals surface area contributed by atoms with Gasteiger partial charge in [0.15, 0.2) is 9.84 Å². The van der Waals surface area contributed by atoms with Crippen molar-refractivity contribution in [2.24, 2.45) is 5.92 Å². The number of anilines is 1. The molecule has 2 fully saturated rings. The molecule has 1 aromatic heterocycles. The third-order valence-electron chi connectivity index (χ3n) is 5.22. The summed E-state index contributed by atoms with van der Waals surface area (Å²) < 4.78 is 72.0. The third kappa shape index (κ3) is 4.46. The lowest BCUT2D eigenvalue weighted by Crippen LogP contribution is -2.19. The van der Waals surface area contributed by atoms with Crippen LogP contribution in [0.2, 0.25) is 0 Å². The fraction of sp³-hybridized carbons (Fsp3) is 0.429. The maximum Gasteiger partial charge on any atom is 0.260 e. The first kappa shape index (κ1) is 17.2. The Balaban J connectivity index is 1.64. The molecule has 0 spiro atoms. The van der Waals surface area contributed by atoms with Crippen LogP contribution in [0.3, 0.4) is 0 Å². The lowest BCUT2D eigenvalue weighted by Gasteiger charge is -2.13. The van der Waals surface area contributed by atoms with Gasteiger partial charge in [-0.1, -0.05) is 0 Å². The Bertz CT molecular complexity index is 1160. The molecule has 1 aliphatic carbocycles. The minimum absolute atomic E-state index is 0.00402. The molecule has 1 aliphatic heterocycles. The van der Waals surface area contributed by atoms with Crippen LogP contribution in [0.1, 0.15) is 45.3 Å². The Labute approximate surface area is 178 Å². The van der Waals surface area contributed by atoms with Crippen LogP contribution >= 0.6 is 0 Å². The first-order valence-electron chi connectivity index (χ1n) is 11.1. The predicted molar refractivity (Wildman–Crippen MR) is 108 cm³/mol. The Morgan fingerprint density at radius 1 is 1.33 bits per heavy atom. The van der Waals surface area contributed by atoms with Gasteiger partial charge in [-0.3, -0.25) is 4.79 Å². The molecule has 0 bridgehead atoms. The molecule has 1 atom stereocenters. The molecule has 160 valence electrons. The number of carbonyl (C=O) groups excluding carboxylic acids is 1. The number of hydrogen-bond acceptors (Lipinski definition) is 6. The van der Waals surface area contributed by atoms with Gasteiger partial charge in [-0.2, -0.15) is 0 Å². The van der Waals surface area contributed by atoms with Gasteiger partial charge >= 0.3 is 0 Å². The largest absolute Gasteiger partial charge is 0.496 e. The average molecular weight is 438 g/mol. The second-order valence-corrected chi connectivity index (χ2v) is 9.60. The Morgan fingerprint density at radius 2 is 2.17 bits per heavy atom. The Kier molecular flexibility index (Phi) is 4.76. The molecule has 9 heteroatoms. The molecule has 1 saturated heterocycles. The van der Waals surface area contributed by atoms with E-state index in [0.29, 0.717) is 19.6 Å². The highest BCUT2D eigenvalue weighted by Crippen LogP contribution is 2.40.